The Labute approximate surface area is 202 Å². The van der Waals surface area contributed by atoms with Crippen molar-refractivity contribution >= 4 is 27.8 Å². The van der Waals surface area contributed by atoms with Crippen molar-refractivity contribution in [3.05, 3.63) is 47.8 Å². The molecule has 1 atom stereocenters. The van der Waals surface area contributed by atoms with Crippen LogP contribution in [0.25, 0.3) is 33.5 Å². The summed E-state index contributed by atoms with van der Waals surface area (Å²) in [5.74, 6) is 1.09. The van der Waals surface area contributed by atoms with Gasteiger partial charge < -0.3 is 29.2 Å². The van der Waals surface area contributed by atoms with Crippen LogP contribution in [0.2, 0.25) is 0 Å². The molecule has 2 aromatic heterocycles. The van der Waals surface area contributed by atoms with Gasteiger partial charge in [-0.2, -0.15) is 0 Å². The van der Waals surface area contributed by atoms with Crippen LogP contribution in [0, 0.1) is 5.82 Å². The number of halogens is 1. The van der Waals surface area contributed by atoms with Gasteiger partial charge in [0.1, 0.15) is 23.7 Å². The molecule has 0 saturated carbocycles. The normalized spacial score (nSPS) is 17.8. The van der Waals surface area contributed by atoms with E-state index >= 15 is 0 Å². The molecule has 0 radical (unpaired) electrons. The maximum atomic E-state index is 14.1. The molecular formula is C26H28FN5O3. The van der Waals surface area contributed by atoms with E-state index < -0.39 is 0 Å². The zero-order chi connectivity index (χ0) is 24.1. The molecule has 8 nitrogen and oxygen atoms in total. The van der Waals surface area contributed by atoms with Gasteiger partial charge >= 0.3 is 0 Å². The first-order valence-corrected chi connectivity index (χ1v) is 12.0. The van der Waals surface area contributed by atoms with Crippen LogP contribution >= 0.6 is 0 Å². The molecule has 2 aliphatic heterocycles. The smallest absolute Gasteiger partial charge is 0.254 e. The lowest BCUT2D eigenvalue weighted by molar-refractivity contribution is 0.0708. The molecule has 4 aromatic rings. The number of carbonyl (C=O) groups excluding carboxylic acids is 1. The number of nitrogens with two attached hydrogens (primary N) is 1. The van der Waals surface area contributed by atoms with E-state index in [0.29, 0.717) is 56.2 Å². The molecule has 1 amide bonds. The van der Waals surface area contributed by atoms with Crippen LogP contribution < -0.4 is 10.5 Å². The van der Waals surface area contributed by atoms with Crippen molar-refractivity contribution < 1.29 is 18.7 Å². The molecular weight excluding hydrogens is 449 g/mol. The maximum absolute atomic E-state index is 14.1. The number of hydrogen-bond donors (Lipinski definition) is 1. The molecule has 35 heavy (non-hydrogen) atoms. The molecule has 182 valence electrons. The van der Waals surface area contributed by atoms with Crippen molar-refractivity contribution in [3.8, 4) is 17.3 Å². The van der Waals surface area contributed by atoms with Gasteiger partial charge in [-0.15, -0.1) is 0 Å². The predicted octanol–water partition coefficient (Wildman–Crippen LogP) is 3.40. The molecule has 1 unspecified atom stereocenters. The summed E-state index contributed by atoms with van der Waals surface area (Å²) in [6, 6.07) is 10.5. The highest BCUT2D eigenvalue weighted by Crippen LogP contribution is 2.37. The monoisotopic (exact) mass is 477 g/mol. The lowest BCUT2D eigenvalue weighted by Crippen LogP contribution is -2.45. The number of rotatable bonds is 5. The maximum Gasteiger partial charge on any atom is 0.254 e. The number of carbonyl (C=O) groups is 1. The number of imidazole rings is 1. The summed E-state index contributed by atoms with van der Waals surface area (Å²) in [7, 11) is 1.65. The lowest BCUT2D eigenvalue weighted by atomic mass is 10.0. The number of nitrogens with zero attached hydrogens (tertiary/aromatic N) is 4. The van der Waals surface area contributed by atoms with E-state index in [1.807, 2.05) is 27.7 Å². The van der Waals surface area contributed by atoms with Gasteiger partial charge in [0.05, 0.1) is 29.9 Å². The minimum Gasteiger partial charge on any atom is -0.489 e. The van der Waals surface area contributed by atoms with Crippen LogP contribution in [0.15, 0.2) is 36.4 Å². The van der Waals surface area contributed by atoms with Gasteiger partial charge in [0.2, 0.25) is 0 Å². The molecule has 2 N–H and O–H groups in total. The standard InChI is InChI=1S/C26H28FN5O3/c1-34-9-7-31-21-14-18(27)5-4-16(21)12-22(31)25-29-20-11-17(13-23-24(20)32(25)8-10-35-23)26(33)30-6-2-3-19(28)15-30/h4-5,11-14,19H,2-3,6-10,15,28H2,1H3. The molecule has 0 bridgehead atoms. The third kappa shape index (κ3) is 3.75. The highest BCUT2D eigenvalue weighted by Gasteiger charge is 2.27. The van der Waals surface area contributed by atoms with E-state index in [-0.39, 0.29) is 17.8 Å². The molecule has 4 heterocycles. The van der Waals surface area contributed by atoms with Gasteiger partial charge in [-0.1, -0.05) is 0 Å². The van der Waals surface area contributed by atoms with Crippen LogP contribution in [0.1, 0.15) is 23.2 Å². The fourth-order valence-electron chi connectivity index (χ4n) is 5.34. The summed E-state index contributed by atoms with van der Waals surface area (Å²) < 4.78 is 29.6. The summed E-state index contributed by atoms with van der Waals surface area (Å²) >= 11 is 0. The largest absolute Gasteiger partial charge is 0.489 e. The molecule has 6 rings (SSSR count). The van der Waals surface area contributed by atoms with Gasteiger partial charge in [0.25, 0.3) is 5.91 Å². The Hall–Kier alpha value is -3.43. The predicted molar refractivity (Wildman–Crippen MR) is 131 cm³/mol. The summed E-state index contributed by atoms with van der Waals surface area (Å²) in [5.41, 5.74) is 9.91. The first kappa shape index (κ1) is 22.1. The van der Waals surface area contributed by atoms with E-state index in [1.54, 1.807) is 19.2 Å². The van der Waals surface area contributed by atoms with Crippen molar-refractivity contribution in [1.29, 1.82) is 0 Å². The SMILES string of the molecule is COCCn1c(-c2nc3cc(C(=O)N4CCCC(N)C4)cc4c3n2CCO4)cc2ccc(F)cc21. The summed E-state index contributed by atoms with van der Waals surface area (Å²) in [6.07, 6.45) is 1.84. The Balaban J connectivity index is 1.49. The van der Waals surface area contributed by atoms with Gasteiger partial charge in [-0.25, -0.2) is 9.37 Å². The fraction of sp³-hybridized carbons (Fsp3) is 0.385. The number of ether oxygens (including phenoxy) is 2. The van der Waals surface area contributed by atoms with E-state index in [9.17, 15) is 9.18 Å². The van der Waals surface area contributed by atoms with Crippen LogP contribution in [-0.2, 0) is 17.8 Å². The molecule has 2 aliphatic rings. The van der Waals surface area contributed by atoms with Gasteiger partial charge in [-0.3, -0.25) is 4.79 Å². The second-order valence-electron chi connectivity index (χ2n) is 9.31. The minimum absolute atomic E-state index is 0.00991. The van der Waals surface area contributed by atoms with E-state index in [4.69, 9.17) is 20.2 Å². The Bertz CT molecular complexity index is 1440. The van der Waals surface area contributed by atoms with Crippen LogP contribution in [0.5, 0.6) is 5.75 Å². The molecule has 2 aromatic carbocycles. The average Bonchev–Trinajstić information content (AvgIpc) is 3.41. The Kier molecular flexibility index (Phi) is 5.46. The van der Waals surface area contributed by atoms with Crippen molar-refractivity contribution in [3.63, 3.8) is 0 Å². The second-order valence-corrected chi connectivity index (χ2v) is 9.31. The number of benzene rings is 2. The second kappa shape index (κ2) is 8.66. The first-order chi connectivity index (χ1) is 17.0. The van der Waals surface area contributed by atoms with Crippen molar-refractivity contribution in [2.75, 3.05) is 33.4 Å². The van der Waals surface area contributed by atoms with Crippen LogP contribution in [0.3, 0.4) is 0 Å². The molecule has 0 aliphatic carbocycles. The zero-order valence-corrected chi connectivity index (χ0v) is 19.7. The summed E-state index contributed by atoms with van der Waals surface area (Å²) in [5, 5.41) is 0.932. The van der Waals surface area contributed by atoms with Crippen molar-refractivity contribution in [2.24, 2.45) is 5.73 Å². The topological polar surface area (TPSA) is 87.5 Å². The van der Waals surface area contributed by atoms with E-state index in [0.717, 1.165) is 40.8 Å². The van der Waals surface area contributed by atoms with Gasteiger partial charge in [0.15, 0.2) is 5.82 Å². The summed E-state index contributed by atoms with van der Waals surface area (Å²) in [6.45, 7) is 3.42. The Morgan fingerprint density at radius 3 is 2.97 bits per heavy atom. The molecule has 9 heteroatoms. The van der Waals surface area contributed by atoms with Crippen LogP contribution in [-0.4, -0.2) is 64.4 Å². The lowest BCUT2D eigenvalue weighted by Gasteiger charge is -2.31. The average molecular weight is 478 g/mol. The molecule has 1 fully saturated rings. The number of piperidine rings is 1. The minimum atomic E-state index is -0.285. The number of fused-ring (bicyclic) bond motifs is 1. The van der Waals surface area contributed by atoms with E-state index in [1.165, 1.54) is 6.07 Å². The number of likely N-dealkylation sites (tertiary alicyclic amines) is 1. The number of hydrogen-bond acceptors (Lipinski definition) is 5. The Morgan fingerprint density at radius 2 is 2.14 bits per heavy atom. The highest BCUT2D eigenvalue weighted by atomic mass is 19.1. The number of aromatic nitrogens is 3. The first-order valence-electron chi connectivity index (χ1n) is 12.0. The third-order valence-electron chi connectivity index (χ3n) is 6.99. The van der Waals surface area contributed by atoms with Crippen molar-refractivity contribution in [2.45, 2.75) is 32.0 Å². The van der Waals surface area contributed by atoms with E-state index in [2.05, 4.69) is 4.57 Å². The highest BCUT2D eigenvalue weighted by molar-refractivity contribution is 6.00. The van der Waals surface area contributed by atoms with Crippen LogP contribution in [0.4, 0.5) is 4.39 Å². The molecule has 0 spiro atoms. The zero-order valence-electron chi connectivity index (χ0n) is 19.7. The quantitative estimate of drug-likeness (QED) is 0.476. The Morgan fingerprint density at radius 1 is 1.26 bits per heavy atom. The summed E-state index contributed by atoms with van der Waals surface area (Å²) in [4.78, 5) is 20.1. The molecule has 1 saturated heterocycles. The number of methoxy groups -OCH3 is 1. The van der Waals surface area contributed by atoms with Gasteiger partial charge in [0, 0.05) is 43.7 Å². The van der Waals surface area contributed by atoms with Gasteiger partial charge in [-0.05, 0) is 49.2 Å². The number of amides is 1. The third-order valence-corrected chi connectivity index (χ3v) is 6.99. The van der Waals surface area contributed by atoms with Crippen molar-refractivity contribution in [1.82, 2.24) is 19.0 Å². The fourth-order valence-corrected chi connectivity index (χ4v) is 5.34.